The molecule has 2 heterocycles. The fourth-order valence-electron chi connectivity index (χ4n) is 2.71. The van der Waals surface area contributed by atoms with Crippen molar-refractivity contribution in [2.75, 3.05) is 26.4 Å². The van der Waals surface area contributed by atoms with Crippen LogP contribution in [0.5, 0.6) is 0 Å². The van der Waals surface area contributed by atoms with Gasteiger partial charge in [-0.05, 0) is 17.9 Å². The van der Waals surface area contributed by atoms with Crippen LogP contribution in [0.3, 0.4) is 0 Å². The Hall–Kier alpha value is -0.940. The van der Waals surface area contributed by atoms with Crippen molar-refractivity contribution in [3.05, 3.63) is 34.9 Å². The van der Waals surface area contributed by atoms with Crippen LogP contribution in [0.15, 0.2) is 18.2 Å². The van der Waals surface area contributed by atoms with E-state index in [1.165, 1.54) is 5.56 Å². The predicted molar refractivity (Wildman–Crippen MR) is 74.3 cm³/mol. The zero-order chi connectivity index (χ0) is 13.9. The Kier molecular flexibility index (Phi) is 4.36. The summed E-state index contributed by atoms with van der Waals surface area (Å²) in [6.07, 6.45) is 0.558. The van der Waals surface area contributed by atoms with Crippen molar-refractivity contribution in [1.29, 1.82) is 0 Å². The molecule has 0 unspecified atom stereocenters. The normalized spacial score (nSPS) is 21.1. The maximum atomic E-state index is 5.64. The molecule has 3 rings (SSSR count). The highest BCUT2D eigenvalue weighted by atomic mass is 16.7. The highest BCUT2D eigenvalue weighted by Crippen LogP contribution is 2.32. The van der Waals surface area contributed by atoms with Crippen molar-refractivity contribution in [1.82, 2.24) is 0 Å². The summed E-state index contributed by atoms with van der Waals surface area (Å²) in [6.45, 7) is 7.11. The summed E-state index contributed by atoms with van der Waals surface area (Å²) >= 11 is 0. The molecule has 2 aliphatic rings. The molecule has 0 atom stereocenters. The van der Waals surface area contributed by atoms with Crippen molar-refractivity contribution in [3.63, 3.8) is 0 Å². The van der Waals surface area contributed by atoms with Crippen molar-refractivity contribution >= 4 is 0 Å². The second-order valence-corrected chi connectivity index (χ2v) is 5.70. The Morgan fingerprint density at radius 2 is 1.55 bits per heavy atom. The van der Waals surface area contributed by atoms with Gasteiger partial charge in [0, 0.05) is 11.1 Å². The predicted octanol–water partition coefficient (Wildman–Crippen LogP) is 2.98. The number of rotatable bonds is 4. The quantitative estimate of drug-likeness (QED) is 0.848. The maximum Gasteiger partial charge on any atom is 0.184 e. The molecule has 0 radical (unpaired) electrons. The fraction of sp³-hybridized carbons (Fsp3) is 0.625. The Balaban J connectivity index is 1.88. The largest absolute Gasteiger partial charge is 0.346 e. The van der Waals surface area contributed by atoms with E-state index in [4.69, 9.17) is 18.9 Å². The van der Waals surface area contributed by atoms with Gasteiger partial charge in [-0.3, -0.25) is 0 Å². The lowest BCUT2D eigenvalue weighted by molar-refractivity contribution is -0.0474. The van der Waals surface area contributed by atoms with Crippen molar-refractivity contribution < 1.29 is 18.9 Å². The van der Waals surface area contributed by atoms with E-state index in [9.17, 15) is 0 Å². The third-order valence-corrected chi connectivity index (χ3v) is 3.56. The molecule has 20 heavy (non-hydrogen) atoms. The Labute approximate surface area is 120 Å². The molecule has 110 valence electrons. The molecule has 2 saturated heterocycles. The van der Waals surface area contributed by atoms with Crippen LogP contribution in [-0.4, -0.2) is 26.4 Å². The minimum absolute atomic E-state index is 0.219. The van der Waals surface area contributed by atoms with Gasteiger partial charge >= 0.3 is 0 Å². The summed E-state index contributed by atoms with van der Waals surface area (Å²) < 4.78 is 22.4. The van der Waals surface area contributed by atoms with Crippen LogP contribution >= 0.6 is 0 Å². The summed E-state index contributed by atoms with van der Waals surface area (Å²) in [5, 5.41) is 0. The average molecular weight is 278 g/mol. The maximum absolute atomic E-state index is 5.64. The van der Waals surface area contributed by atoms with E-state index in [0.29, 0.717) is 32.3 Å². The third kappa shape index (κ3) is 3.04. The zero-order valence-electron chi connectivity index (χ0n) is 12.1. The van der Waals surface area contributed by atoms with E-state index in [-0.39, 0.29) is 12.6 Å². The zero-order valence-corrected chi connectivity index (χ0v) is 12.1. The van der Waals surface area contributed by atoms with Gasteiger partial charge in [-0.15, -0.1) is 0 Å². The van der Waals surface area contributed by atoms with Gasteiger partial charge in [0.05, 0.1) is 26.4 Å². The van der Waals surface area contributed by atoms with Gasteiger partial charge in [-0.1, -0.05) is 32.0 Å². The minimum atomic E-state index is -0.222. The second-order valence-electron chi connectivity index (χ2n) is 5.70. The molecule has 0 amide bonds. The summed E-state index contributed by atoms with van der Waals surface area (Å²) in [6, 6.07) is 6.32. The number of ether oxygens (including phenoxy) is 4. The number of hydrogen-bond acceptors (Lipinski definition) is 4. The molecule has 0 bridgehead atoms. The lowest BCUT2D eigenvalue weighted by Gasteiger charge is -2.19. The van der Waals surface area contributed by atoms with Crippen LogP contribution in [0.4, 0.5) is 0 Å². The minimum Gasteiger partial charge on any atom is -0.346 e. The van der Waals surface area contributed by atoms with Crippen molar-refractivity contribution in [3.8, 4) is 0 Å². The smallest absolute Gasteiger partial charge is 0.184 e. The molecule has 0 aliphatic carbocycles. The Morgan fingerprint density at radius 3 is 2.15 bits per heavy atom. The first-order chi connectivity index (χ1) is 9.74. The molecule has 2 fully saturated rings. The molecule has 4 heteroatoms. The van der Waals surface area contributed by atoms with E-state index < -0.39 is 0 Å². The van der Waals surface area contributed by atoms with Crippen LogP contribution in [0.2, 0.25) is 0 Å². The van der Waals surface area contributed by atoms with Crippen LogP contribution in [0.25, 0.3) is 0 Å². The molecule has 0 aromatic heterocycles. The van der Waals surface area contributed by atoms with E-state index in [0.717, 1.165) is 17.5 Å². The van der Waals surface area contributed by atoms with Gasteiger partial charge in [0.25, 0.3) is 0 Å². The van der Waals surface area contributed by atoms with E-state index in [2.05, 4.69) is 32.0 Å². The molecule has 4 nitrogen and oxygen atoms in total. The topological polar surface area (TPSA) is 36.9 Å². The van der Waals surface area contributed by atoms with Crippen LogP contribution in [-0.2, 0) is 25.4 Å². The monoisotopic (exact) mass is 278 g/mol. The first-order valence-corrected chi connectivity index (χ1v) is 7.33. The SMILES string of the molecule is CC(C)Cc1cc(C2OCCO2)ccc1C1OCCO1. The van der Waals surface area contributed by atoms with Gasteiger partial charge in [-0.25, -0.2) is 0 Å². The molecular formula is C16H22O4. The van der Waals surface area contributed by atoms with Crippen LogP contribution in [0, 0.1) is 5.92 Å². The van der Waals surface area contributed by atoms with E-state index >= 15 is 0 Å². The summed E-state index contributed by atoms with van der Waals surface area (Å²) in [5.41, 5.74) is 3.49. The lowest BCUT2D eigenvalue weighted by Crippen LogP contribution is -2.08. The van der Waals surface area contributed by atoms with Gasteiger partial charge in [-0.2, -0.15) is 0 Å². The Morgan fingerprint density at radius 1 is 0.950 bits per heavy atom. The molecule has 0 N–H and O–H groups in total. The molecule has 1 aromatic rings. The highest BCUT2D eigenvalue weighted by molar-refractivity contribution is 5.34. The van der Waals surface area contributed by atoms with Crippen LogP contribution < -0.4 is 0 Å². The van der Waals surface area contributed by atoms with E-state index in [1.807, 2.05) is 0 Å². The number of benzene rings is 1. The molecule has 1 aromatic carbocycles. The van der Waals surface area contributed by atoms with Crippen molar-refractivity contribution in [2.45, 2.75) is 32.8 Å². The van der Waals surface area contributed by atoms with Gasteiger partial charge < -0.3 is 18.9 Å². The van der Waals surface area contributed by atoms with E-state index in [1.54, 1.807) is 0 Å². The third-order valence-electron chi connectivity index (χ3n) is 3.56. The second kappa shape index (κ2) is 6.22. The molecule has 0 spiro atoms. The van der Waals surface area contributed by atoms with Gasteiger partial charge in [0.2, 0.25) is 0 Å². The first-order valence-electron chi connectivity index (χ1n) is 7.33. The van der Waals surface area contributed by atoms with Gasteiger partial charge in [0.1, 0.15) is 0 Å². The average Bonchev–Trinajstić information content (AvgIpc) is 3.12. The number of hydrogen-bond donors (Lipinski definition) is 0. The molecular weight excluding hydrogens is 256 g/mol. The molecule has 0 saturated carbocycles. The standard InChI is InChI=1S/C16H22O4/c1-11(2)9-13-10-12(15-17-5-6-18-15)3-4-14(13)16-19-7-8-20-16/h3-4,10-11,15-16H,5-9H2,1-2H3. The highest BCUT2D eigenvalue weighted by Gasteiger charge is 2.24. The lowest BCUT2D eigenvalue weighted by atomic mass is 9.95. The fourth-order valence-corrected chi connectivity index (χ4v) is 2.71. The summed E-state index contributed by atoms with van der Waals surface area (Å²) in [5.74, 6) is 0.579. The molecule has 2 aliphatic heterocycles. The summed E-state index contributed by atoms with van der Waals surface area (Å²) in [7, 11) is 0. The van der Waals surface area contributed by atoms with Crippen molar-refractivity contribution in [2.24, 2.45) is 5.92 Å². The first kappa shape index (κ1) is 14.0. The summed E-state index contributed by atoms with van der Waals surface area (Å²) in [4.78, 5) is 0. The Bertz CT molecular complexity index is 446. The van der Waals surface area contributed by atoms with Gasteiger partial charge in [0.15, 0.2) is 12.6 Å². The van der Waals surface area contributed by atoms with Crippen LogP contribution in [0.1, 0.15) is 43.1 Å².